The van der Waals surface area contributed by atoms with Crippen molar-refractivity contribution in [2.75, 3.05) is 0 Å². The maximum atomic E-state index is 17.2. The highest BCUT2D eigenvalue weighted by Gasteiger charge is 2.99. The monoisotopic (exact) mass is 767 g/mol. The van der Waals surface area contributed by atoms with Crippen molar-refractivity contribution in [3.63, 3.8) is 0 Å². The molecule has 0 aliphatic heterocycles. The van der Waals surface area contributed by atoms with E-state index in [4.69, 9.17) is 0 Å². The molecule has 0 spiro atoms. The first kappa shape index (κ1) is 39.1. The van der Waals surface area contributed by atoms with Crippen molar-refractivity contribution < 1.29 is 105 Å². The molecular weight excluding hydrogens is 755 g/mol. The summed E-state index contributed by atoms with van der Waals surface area (Å²) in [4.78, 5) is 0. The fourth-order valence-electron chi connectivity index (χ4n) is 7.01. The van der Waals surface area contributed by atoms with E-state index in [9.17, 15) is 52.7 Å². The molecule has 0 saturated carbocycles. The normalized spacial score (nSPS) is 46.2. The van der Waals surface area contributed by atoms with Crippen molar-refractivity contribution in [1.29, 1.82) is 0 Å². The topological polar surface area (TPSA) is 0 Å². The molecule has 0 N–H and O–H groups in total. The average molecular weight is 767 g/mol. The summed E-state index contributed by atoms with van der Waals surface area (Å²) in [5.74, 6) is -61.8. The lowest BCUT2D eigenvalue weighted by Crippen LogP contribution is -3.00. The zero-order valence-electron chi connectivity index (χ0n) is 22.6. The van der Waals surface area contributed by atoms with Crippen LogP contribution in [0.5, 0.6) is 0 Å². The van der Waals surface area contributed by atoms with Crippen LogP contribution in [0.3, 0.4) is 0 Å². The van der Waals surface area contributed by atoms with E-state index in [1.54, 1.807) is 0 Å². The third-order valence-corrected chi connectivity index (χ3v) is 9.54. The molecule has 0 heterocycles. The van der Waals surface area contributed by atoms with Gasteiger partial charge in [-0.15, -0.1) is 0 Å². The summed E-state index contributed by atoms with van der Waals surface area (Å²) in [6.07, 6.45) is -44.5. The minimum Gasteiger partial charge on any atom is -0.275 e. The van der Waals surface area contributed by atoms with Crippen molar-refractivity contribution in [3.8, 4) is 0 Å². The molecule has 4 aliphatic carbocycles. The Balaban J connectivity index is 2.55. The average Bonchev–Trinajstić information content (AvgIpc) is 2.96. The largest absolute Gasteiger partial charge is 0.344 e. The lowest BCUT2D eigenvalue weighted by molar-refractivity contribution is -0.305. The van der Waals surface area contributed by atoms with E-state index >= 15 is 52.7 Å². The third-order valence-electron chi connectivity index (χ3n) is 9.54. The van der Waals surface area contributed by atoms with Gasteiger partial charge in [0.25, 0.3) is 0 Å². The lowest BCUT2D eigenvalue weighted by Gasteiger charge is -2.72. The van der Waals surface area contributed by atoms with E-state index in [0.29, 0.717) is 0 Å². The zero-order valence-corrected chi connectivity index (χ0v) is 22.6. The summed E-state index contributed by atoms with van der Waals surface area (Å²) in [7, 11) is 0. The van der Waals surface area contributed by atoms with Gasteiger partial charge in [-0.05, 0) is 24.3 Å². The van der Waals surface area contributed by atoms with E-state index in [-0.39, 0.29) is 0 Å². The van der Waals surface area contributed by atoms with Crippen LogP contribution in [0.1, 0.15) is 0 Å². The highest BCUT2D eigenvalue weighted by Crippen LogP contribution is 2.75. The number of alkyl halides is 24. The Hall–Kier alpha value is -2.66. The van der Waals surface area contributed by atoms with Gasteiger partial charge in [-0.3, -0.25) is 17.6 Å². The zero-order chi connectivity index (χ0) is 38.5. The molecule has 0 radical (unpaired) electrons. The Labute approximate surface area is 255 Å². The number of halogens is 24. The van der Waals surface area contributed by atoms with Crippen molar-refractivity contribution >= 4 is 6.15 Å². The second-order valence-electron chi connectivity index (χ2n) is 11.8. The summed E-state index contributed by atoms with van der Waals surface area (Å²) in [5, 5.41) is 0. The fourth-order valence-corrected chi connectivity index (χ4v) is 7.01. The Bertz CT molecular complexity index is 1280. The van der Waals surface area contributed by atoms with Gasteiger partial charge in [-0.25, -0.2) is 17.6 Å². The van der Waals surface area contributed by atoms with Gasteiger partial charge in [0.15, 0.2) is 24.7 Å². The summed E-state index contributed by atoms with van der Waals surface area (Å²) in [6.45, 7) is 0. The summed E-state index contributed by atoms with van der Waals surface area (Å²) in [6, 6.07) is 0. The van der Waals surface area contributed by atoms with E-state index < -0.39 is 149 Å². The second kappa shape index (κ2) is 9.81. The van der Waals surface area contributed by atoms with Crippen LogP contribution in [0.2, 0.25) is 0 Å². The molecule has 0 bridgehead atoms. The van der Waals surface area contributed by atoms with Gasteiger partial charge in [-0.2, -0.15) is 70.2 Å². The number of rotatable bonds is 4. The molecule has 4 aliphatic rings. The molecule has 25 heteroatoms. The molecule has 4 rings (SSSR count). The number of allylic oxidation sites excluding steroid dienone is 8. The van der Waals surface area contributed by atoms with Crippen molar-refractivity contribution in [1.82, 2.24) is 0 Å². The summed E-state index contributed by atoms with van der Waals surface area (Å²) < 4.78 is 367. The molecule has 0 amide bonds. The third kappa shape index (κ3) is 3.62. The van der Waals surface area contributed by atoms with E-state index in [2.05, 4.69) is 0 Å². The van der Waals surface area contributed by atoms with Crippen LogP contribution in [-0.4, -0.2) is 100 Å². The lowest BCUT2D eigenvalue weighted by atomic mass is 8.97. The molecular formula is C24H12BF24-. The first-order chi connectivity index (χ1) is 21.5. The molecule has 0 aromatic heterocycles. The molecule has 8 atom stereocenters. The second-order valence-corrected chi connectivity index (χ2v) is 11.8. The SMILES string of the molecule is FC1C=CC(F)([B-](C2(F)C=CC(F)C(F)(F)C2(F)F)(C2(F)C=CC(F)C(F)(F)C2(F)F)C2(F)C=CC(F)C(F)(F)C2(F)F)C(F)(F)C1(F)F. The maximum absolute atomic E-state index is 17.2. The molecule has 0 aromatic carbocycles. The van der Waals surface area contributed by atoms with Crippen LogP contribution in [0.4, 0.5) is 105 Å². The van der Waals surface area contributed by atoms with Crippen LogP contribution in [0, 0.1) is 0 Å². The van der Waals surface area contributed by atoms with Crippen LogP contribution in [0.15, 0.2) is 48.6 Å². The molecule has 49 heavy (non-hydrogen) atoms. The van der Waals surface area contributed by atoms with Gasteiger partial charge in [0, 0.05) is 0 Å². The first-order valence-corrected chi connectivity index (χ1v) is 12.8. The van der Waals surface area contributed by atoms with E-state index in [1.165, 1.54) is 0 Å². The molecule has 0 aromatic rings. The van der Waals surface area contributed by atoms with Gasteiger partial charge in [-0.1, -0.05) is 24.3 Å². The summed E-state index contributed by atoms with van der Waals surface area (Å²) >= 11 is 0. The number of hydrogen-bond donors (Lipinski definition) is 0. The van der Waals surface area contributed by atoms with Crippen molar-refractivity contribution in [3.05, 3.63) is 48.6 Å². The van der Waals surface area contributed by atoms with E-state index in [0.717, 1.165) is 0 Å². The quantitative estimate of drug-likeness (QED) is 0.152. The smallest absolute Gasteiger partial charge is 0.275 e. The van der Waals surface area contributed by atoms with Gasteiger partial charge in [0.1, 0.15) is 0 Å². The number of hydrogen-bond acceptors (Lipinski definition) is 0. The van der Waals surface area contributed by atoms with Crippen LogP contribution >= 0.6 is 0 Å². The Morgan fingerprint density at radius 1 is 0.286 bits per heavy atom. The highest BCUT2D eigenvalue weighted by atomic mass is 19.4. The van der Waals surface area contributed by atoms with E-state index in [1.807, 2.05) is 0 Å². The molecule has 0 saturated heterocycles. The van der Waals surface area contributed by atoms with Crippen LogP contribution < -0.4 is 0 Å². The minimum atomic E-state index is -9.80. The predicted molar refractivity (Wildman–Crippen MR) is 117 cm³/mol. The van der Waals surface area contributed by atoms with Crippen molar-refractivity contribution in [2.45, 2.75) is 94.3 Å². The molecule has 0 fully saturated rings. The molecule has 8 unspecified atom stereocenters. The highest BCUT2D eigenvalue weighted by molar-refractivity contribution is 6.93. The fraction of sp³-hybridized carbons (Fsp3) is 0.667. The van der Waals surface area contributed by atoms with Gasteiger partial charge < -0.3 is 0 Å². The standard InChI is InChI=1S/C24H12BF24/c26-9-1-5-13(30,21(42,43)17(9,34)35)25(14(31)6-2-10(27)18(36,37)22(14,44)45,15(32)7-3-11(28)19(38,39)23(15,46)47)16(33)8-4-12(29)20(40,41)24(16,48)49/h1-12H/q-1. The van der Waals surface area contributed by atoms with Gasteiger partial charge >= 0.3 is 47.4 Å². The van der Waals surface area contributed by atoms with Gasteiger partial charge in [0.05, 0.1) is 22.3 Å². The predicted octanol–water partition coefficient (Wildman–Crippen LogP) is 9.14. The first-order valence-electron chi connectivity index (χ1n) is 12.8. The molecule has 280 valence electrons. The van der Waals surface area contributed by atoms with Crippen LogP contribution in [-0.2, 0) is 0 Å². The van der Waals surface area contributed by atoms with Crippen LogP contribution in [0.25, 0.3) is 0 Å². The Morgan fingerprint density at radius 2 is 0.429 bits per heavy atom. The Kier molecular flexibility index (Phi) is 7.83. The minimum absolute atomic E-state index is 1.62. The maximum Gasteiger partial charge on any atom is 0.344 e. The summed E-state index contributed by atoms with van der Waals surface area (Å²) in [5.41, 5.74) is -31.7. The Morgan fingerprint density at radius 3 is 0.571 bits per heavy atom. The van der Waals surface area contributed by atoms with Crippen molar-refractivity contribution in [2.24, 2.45) is 0 Å². The molecule has 0 nitrogen and oxygen atoms in total. The van der Waals surface area contributed by atoms with Gasteiger partial charge in [0.2, 0.25) is 6.15 Å².